The van der Waals surface area contributed by atoms with Gasteiger partial charge in [0.2, 0.25) is 0 Å². The number of halogens is 1. The van der Waals surface area contributed by atoms with Crippen molar-refractivity contribution in [3.8, 4) is 0 Å². The molecule has 1 fully saturated rings. The van der Waals surface area contributed by atoms with E-state index in [4.69, 9.17) is 16.3 Å². The maximum absolute atomic E-state index is 12.3. The first-order valence-electron chi connectivity index (χ1n) is 9.13. The van der Waals surface area contributed by atoms with Crippen molar-refractivity contribution in [2.45, 2.75) is 6.10 Å². The number of benzene rings is 1. The highest BCUT2D eigenvalue weighted by Crippen LogP contribution is 2.23. The van der Waals surface area contributed by atoms with E-state index in [9.17, 15) is 18.0 Å². The van der Waals surface area contributed by atoms with Crippen LogP contribution in [0.4, 0.5) is 10.5 Å². The molecule has 1 N–H and O–H groups in total. The fourth-order valence-corrected chi connectivity index (χ4v) is 4.45. The second kappa shape index (κ2) is 9.25. The lowest BCUT2D eigenvalue weighted by Gasteiger charge is -2.17. The van der Waals surface area contributed by atoms with E-state index in [-0.39, 0.29) is 24.8 Å². The molecule has 2 heterocycles. The molecule has 31 heavy (non-hydrogen) atoms. The minimum atomic E-state index is -3.57. The van der Waals surface area contributed by atoms with Crippen LogP contribution in [0.3, 0.4) is 0 Å². The Morgan fingerprint density at radius 3 is 2.52 bits per heavy atom. The molecule has 2 amide bonds. The van der Waals surface area contributed by atoms with Crippen LogP contribution in [-0.4, -0.2) is 70.7 Å². The van der Waals surface area contributed by atoms with Gasteiger partial charge in [0, 0.05) is 25.3 Å². The van der Waals surface area contributed by atoms with E-state index >= 15 is 0 Å². The molecule has 1 unspecified atom stereocenters. The van der Waals surface area contributed by atoms with E-state index in [0.29, 0.717) is 20.5 Å². The third kappa shape index (κ3) is 5.96. The first kappa shape index (κ1) is 23.0. The van der Waals surface area contributed by atoms with Gasteiger partial charge in [-0.05, 0) is 36.4 Å². The van der Waals surface area contributed by atoms with Gasteiger partial charge in [0.1, 0.15) is 11.9 Å². The Balaban J connectivity index is 1.66. The van der Waals surface area contributed by atoms with Crippen molar-refractivity contribution in [3.63, 3.8) is 0 Å². The molecule has 3 rings (SSSR count). The van der Waals surface area contributed by atoms with Crippen molar-refractivity contribution < 1.29 is 22.7 Å². The van der Waals surface area contributed by atoms with Crippen LogP contribution in [0.5, 0.6) is 0 Å². The van der Waals surface area contributed by atoms with Crippen LogP contribution in [0.2, 0.25) is 4.34 Å². The number of amidine groups is 1. The first-order valence-corrected chi connectivity index (χ1v) is 12.2. The zero-order valence-electron chi connectivity index (χ0n) is 17.0. The summed E-state index contributed by atoms with van der Waals surface area (Å²) in [5.74, 6) is 0.00412. The molecule has 1 saturated heterocycles. The number of hydrogen-bond donors (Lipinski definition) is 1. The van der Waals surface area contributed by atoms with E-state index in [1.165, 1.54) is 16.2 Å². The third-order valence-electron chi connectivity index (χ3n) is 4.27. The molecule has 1 aliphatic heterocycles. The van der Waals surface area contributed by atoms with Gasteiger partial charge in [-0.25, -0.2) is 13.2 Å². The lowest BCUT2D eigenvalue weighted by atomic mass is 10.1. The monoisotopic (exact) mass is 484 g/mol. The van der Waals surface area contributed by atoms with Crippen molar-refractivity contribution in [2.75, 3.05) is 38.3 Å². The molecule has 1 atom stereocenters. The fraction of sp³-hybridized carbons (Fsp3) is 0.316. The number of nitrogens with zero attached hydrogens (tertiary/aromatic N) is 3. The van der Waals surface area contributed by atoms with Crippen LogP contribution >= 0.6 is 22.9 Å². The summed E-state index contributed by atoms with van der Waals surface area (Å²) in [6.45, 7) is 0.433. The average Bonchev–Trinajstić information content (AvgIpc) is 3.29. The summed E-state index contributed by atoms with van der Waals surface area (Å²) >= 11 is 7.01. The maximum Gasteiger partial charge on any atom is 0.414 e. The van der Waals surface area contributed by atoms with Gasteiger partial charge in [0.05, 0.1) is 28.6 Å². The van der Waals surface area contributed by atoms with E-state index in [1.807, 2.05) is 0 Å². The SMILES string of the molecule is CN(C)/C(=N/S(C)(=O)=O)c1ccc(N2CC(CNC(=O)c3ccc(Cl)s3)OC2=O)cc1. The number of hydrogen-bond acceptors (Lipinski definition) is 6. The lowest BCUT2D eigenvalue weighted by Crippen LogP contribution is -2.34. The number of cyclic esters (lactones) is 1. The zero-order chi connectivity index (χ0) is 22.8. The van der Waals surface area contributed by atoms with Crippen molar-refractivity contribution in [1.29, 1.82) is 0 Å². The predicted octanol–water partition coefficient (Wildman–Crippen LogP) is 2.42. The Morgan fingerprint density at radius 2 is 1.97 bits per heavy atom. The van der Waals surface area contributed by atoms with Crippen LogP contribution in [-0.2, 0) is 14.8 Å². The lowest BCUT2D eigenvalue weighted by molar-refractivity contribution is 0.0920. The molecule has 12 heteroatoms. The molecular formula is C19H21ClN4O5S2. The summed E-state index contributed by atoms with van der Waals surface area (Å²) in [7, 11) is -0.183. The zero-order valence-corrected chi connectivity index (χ0v) is 19.4. The summed E-state index contributed by atoms with van der Waals surface area (Å²) in [6, 6.07) is 10.0. The summed E-state index contributed by atoms with van der Waals surface area (Å²) in [5, 5.41) is 2.74. The largest absolute Gasteiger partial charge is 0.442 e. The van der Waals surface area contributed by atoms with Crippen molar-refractivity contribution in [2.24, 2.45) is 4.40 Å². The Hall–Kier alpha value is -2.63. The number of amides is 2. The normalized spacial score (nSPS) is 16.9. The van der Waals surface area contributed by atoms with Gasteiger partial charge < -0.3 is 15.0 Å². The topological polar surface area (TPSA) is 108 Å². The Labute approximate surface area is 189 Å². The van der Waals surface area contributed by atoms with Crippen LogP contribution < -0.4 is 10.2 Å². The standard InChI is InChI=1S/C19H21ClN4O5S2/c1-23(2)17(22-31(3,27)28)12-4-6-13(7-5-12)24-11-14(29-19(24)26)10-21-18(25)15-8-9-16(20)30-15/h4-9,14H,10-11H2,1-3H3,(H,21,25)/b22-17+. The molecule has 1 aromatic heterocycles. The van der Waals surface area contributed by atoms with Gasteiger partial charge in [0.15, 0.2) is 0 Å². The Morgan fingerprint density at radius 1 is 1.29 bits per heavy atom. The summed E-state index contributed by atoms with van der Waals surface area (Å²) < 4.78 is 32.7. The second-order valence-electron chi connectivity index (χ2n) is 7.02. The fourth-order valence-electron chi connectivity index (χ4n) is 2.91. The van der Waals surface area contributed by atoms with E-state index < -0.39 is 22.2 Å². The highest BCUT2D eigenvalue weighted by Gasteiger charge is 2.32. The minimum absolute atomic E-state index is 0.167. The van der Waals surface area contributed by atoms with Crippen LogP contribution in [0, 0.1) is 0 Å². The predicted molar refractivity (Wildman–Crippen MR) is 121 cm³/mol. The molecule has 0 bridgehead atoms. The third-order valence-corrected chi connectivity index (χ3v) is 6.01. The van der Waals surface area contributed by atoms with Gasteiger partial charge >= 0.3 is 6.09 Å². The van der Waals surface area contributed by atoms with Crippen molar-refractivity contribution in [1.82, 2.24) is 10.2 Å². The average molecular weight is 485 g/mol. The number of nitrogens with one attached hydrogen (secondary N) is 1. The number of carbonyl (C=O) groups is 2. The second-order valence-corrected chi connectivity index (χ2v) is 10.4. The maximum atomic E-state index is 12.3. The van der Waals surface area contributed by atoms with Gasteiger partial charge in [-0.2, -0.15) is 0 Å². The summed E-state index contributed by atoms with van der Waals surface area (Å²) in [5.41, 5.74) is 1.18. The van der Waals surface area contributed by atoms with E-state index in [1.54, 1.807) is 55.4 Å². The molecule has 0 saturated carbocycles. The van der Waals surface area contributed by atoms with E-state index in [2.05, 4.69) is 9.71 Å². The molecule has 0 spiro atoms. The highest BCUT2D eigenvalue weighted by atomic mass is 35.5. The highest BCUT2D eigenvalue weighted by molar-refractivity contribution is 7.89. The number of carbonyl (C=O) groups excluding carboxylic acids is 2. The molecule has 166 valence electrons. The minimum Gasteiger partial charge on any atom is -0.442 e. The molecule has 1 aromatic carbocycles. The van der Waals surface area contributed by atoms with Crippen LogP contribution in [0.15, 0.2) is 40.8 Å². The number of ether oxygens (including phenoxy) is 1. The molecule has 0 radical (unpaired) electrons. The van der Waals surface area contributed by atoms with E-state index in [0.717, 1.165) is 6.26 Å². The van der Waals surface area contributed by atoms with Gasteiger partial charge in [-0.3, -0.25) is 9.69 Å². The number of thiophene rings is 1. The number of sulfonamides is 1. The smallest absolute Gasteiger partial charge is 0.414 e. The van der Waals surface area contributed by atoms with Gasteiger partial charge in [-0.1, -0.05) is 11.6 Å². The molecular weight excluding hydrogens is 464 g/mol. The van der Waals surface area contributed by atoms with Crippen LogP contribution in [0.25, 0.3) is 0 Å². The van der Waals surface area contributed by atoms with Crippen LogP contribution in [0.1, 0.15) is 15.2 Å². The van der Waals surface area contributed by atoms with Crippen molar-refractivity contribution in [3.05, 3.63) is 51.2 Å². The number of rotatable bonds is 6. The molecule has 9 nitrogen and oxygen atoms in total. The van der Waals surface area contributed by atoms with Gasteiger partial charge in [-0.15, -0.1) is 15.7 Å². The summed E-state index contributed by atoms with van der Waals surface area (Å²) in [6.07, 6.45) is -0.00337. The number of anilines is 1. The quantitative estimate of drug-likeness (QED) is 0.498. The summed E-state index contributed by atoms with van der Waals surface area (Å²) in [4.78, 5) is 27.9. The molecule has 0 aliphatic carbocycles. The van der Waals surface area contributed by atoms with Crippen molar-refractivity contribution >= 4 is 56.5 Å². The Kier molecular flexibility index (Phi) is 6.87. The molecule has 2 aromatic rings. The molecule has 1 aliphatic rings. The first-order chi connectivity index (χ1) is 14.5. The van der Waals surface area contributed by atoms with Gasteiger partial charge in [0.25, 0.3) is 15.9 Å². The Bertz CT molecular complexity index is 1110.